The van der Waals surface area contributed by atoms with Crippen LogP contribution in [-0.2, 0) is 0 Å². The molecule has 0 spiro atoms. The second-order valence-corrected chi connectivity index (χ2v) is 4.79. The maximum Gasteiger partial charge on any atom is 0.195 e. The van der Waals surface area contributed by atoms with Gasteiger partial charge in [-0.1, -0.05) is 28.1 Å². The monoisotopic (exact) mass is 264 g/mol. The SMILES string of the molecule is O=C1c2cscc2-c2c(Br)cccc21. The molecule has 3 rings (SSSR count). The zero-order valence-corrected chi connectivity index (χ0v) is 9.48. The van der Waals surface area contributed by atoms with Gasteiger partial charge in [0.15, 0.2) is 5.78 Å². The molecule has 0 fully saturated rings. The number of rotatable bonds is 0. The van der Waals surface area contributed by atoms with Gasteiger partial charge < -0.3 is 0 Å². The van der Waals surface area contributed by atoms with Crippen LogP contribution in [0.4, 0.5) is 0 Å². The van der Waals surface area contributed by atoms with Crippen LogP contribution in [-0.4, -0.2) is 5.78 Å². The molecule has 1 aromatic heterocycles. The molecule has 1 aliphatic rings. The van der Waals surface area contributed by atoms with Gasteiger partial charge in [0.25, 0.3) is 0 Å². The van der Waals surface area contributed by atoms with E-state index in [-0.39, 0.29) is 5.78 Å². The van der Waals surface area contributed by atoms with Gasteiger partial charge in [-0.25, -0.2) is 0 Å². The second-order valence-electron chi connectivity index (χ2n) is 3.19. The molecule has 1 aromatic carbocycles. The summed E-state index contributed by atoms with van der Waals surface area (Å²) >= 11 is 5.06. The van der Waals surface area contributed by atoms with E-state index >= 15 is 0 Å². The highest BCUT2D eigenvalue weighted by atomic mass is 79.9. The first-order valence-corrected chi connectivity index (χ1v) is 5.92. The van der Waals surface area contributed by atoms with Crippen LogP contribution in [0.2, 0.25) is 0 Å². The van der Waals surface area contributed by atoms with Crippen molar-refractivity contribution >= 4 is 33.0 Å². The molecule has 0 bridgehead atoms. The average molecular weight is 265 g/mol. The van der Waals surface area contributed by atoms with Gasteiger partial charge in [-0.2, -0.15) is 11.3 Å². The Morgan fingerprint density at radius 1 is 1.07 bits per heavy atom. The van der Waals surface area contributed by atoms with Crippen LogP contribution in [0.3, 0.4) is 0 Å². The zero-order chi connectivity index (χ0) is 9.71. The van der Waals surface area contributed by atoms with E-state index in [1.807, 2.05) is 29.0 Å². The minimum atomic E-state index is 0.151. The van der Waals surface area contributed by atoms with Gasteiger partial charge in [0.2, 0.25) is 0 Å². The smallest absolute Gasteiger partial charge is 0.195 e. The minimum Gasteiger partial charge on any atom is -0.289 e. The van der Waals surface area contributed by atoms with Gasteiger partial charge >= 0.3 is 0 Å². The number of benzene rings is 1. The predicted molar refractivity (Wildman–Crippen MR) is 60.9 cm³/mol. The van der Waals surface area contributed by atoms with Crippen LogP contribution in [0.15, 0.2) is 33.4 Å². The Hall–Kier alpha value is -0.930. The molecule has 2 aromatic rings. The summed E-state index contributed by atoms with van der Waals surface area (Å²) in [4.78, 5) is 11.9. The summed E-state index contributed by atoms with van der Waals surface area (Å²) in [6, 6.07) is 5.75. The highest BCUT2D eigenvalue weighted by Crippen LogP contribution is 2.42. The highest BCUT2D eigenvalue weighted by Gasteiger charge is 2.28. The lowest BCUT2D eigenvalue weighted by Gasteiger charge is -1.99. The van der Waals surface area contributed by atoms with E-state index in [4.69, 9.17) is 0 Å². The lowest BCUT2D eigenvalue weighted by molar-refractivity contribution is 0.104. The van der Waals surface area contributed by atoms with Crippen molar-refractivity contribution in [3.05, 3.63) is 44.6 Å². The third kappa shape index (κ3) is 0.913. The molecular weight excluding hydrogens is 260 g/mol. The van der Waals surface area contributed by atoms with E-state index in [0.717, 1.165) is 26.7 Å². The van der Waals surface area contributed by atoms with Crippen molar-refractivity contribution in [2.24, 2.45) is 0 Å². The summed E-state index contributed by atoms with van der Waals surface area (Å²) in [5, 5.41) is 3.95. The number of halogens is 1. The van der Waals surface area contributed by atoms with Gasteiger partial charge in [-0.05, 0) is 11.4 Å². The van der Waals surface area contributed by atoms with Gasteiger partial charge in [0, 0.05) is 32.1 Å². The van der Waals surface area contributed by atoms with Crippen LogP contribution in [0.5, 0.6) is 0 Å². The van der Waals surface area contributed by atoms with Crippen LogP contribution >= 0.6 is 27.3 Å². The van der Waals surface area contributed by atoms with E-state index in [9.17, 15) is 4.79 Å². The fourth-order valence-corrected chi connectivity index (χ4v) is 3.20. The average Bonchev–Trinajstić information content (AvgIpc) is 2.72. The molecule has 0 saturated heterocycles. The molecule has 14 heavy (non-hydrogen) atoms. The van der Waals surface area contributed by atoms with Crippen molar-refractivity contribution in [2.45, 2.75) is 0 Å². The first-order valence-electron chi connectivity index (χ1n) is 4.19. The normalized spacial score (nSPS) is 12.8. The molecular formula is C11H5BrOS. The van der Waals surface area contributed by atoms with Gasteiger partial charge in [0.05, 0.1) is 0 Å². The molecule has 1 nitrogen and oxygen atoms in total. The van der Waals surface area contributed by atoms with Gasteiger partial charge in [0.1, 0.15) is 0 Å². The standard InChI is InChI=1S/C11H5BrOS/c12-9-3-1-2-6-10(9)7-4-14-5-8(7)11(6)13/h1-5H. The number of ketones is 1. The third-order valence-corrected chi connectivity index (χ3v) is 3.84. The fourth-order valence-electron chi connectivity index (χ4n) is 1.80. The minimum absolute atomic E-state index is 0.151. The number of thiophene rings is 1. The van der Waals surface area contributed by atoms with Crippen molar-refractivity contribution in [1.29, 1.82) is 0 Å². The molecule has 0 N–H and O–H groups in total. The fraction of sp³-hybridized carbons (Fsp3) is 0. The third-order valence-electron chi connectivity index (χ3n) is 2.43. The van der Waals surface area contributed by atoms with Gasteiger partial charge in [-0.3, -0.25) is 4.79 Å². The van der Waals surface area contributed by atoms with Crippen LogP contribution < -0.4 is 0 Å². The molecule has 0 radical (unpaired) electrons. The van der Waals surface area contributed by atoms with E-state index in [2.05, 4.69) is 15.9 Å². The topological polar surface area (TPSA) is 17.1 Å². The van der Waals surface area contributed by atoms with Gasteiger partial charge in [-0.15, -0.1) is 0 Å². The van der Waals surface area contributed by atoms with Crippen molar-refractivity contribution < 1.29 is 4.79 Å². The Balaban J connectivity index is 2.46. The predicted octanol–water partition coefficient (Wildman–Crippen LogP) is 3.72. The Bertz CT molecular complexity index is 542. The molecule has 0 atom stereocenters. The van der Waals surface area contributed by atoms with E-state index in [0.29, 0.717) is 0 Å². The Morgan fingerprint density at radius 3 is 2.71 bits per heavy atom. The van der Waals surface area contributed by atoms with Crippen LogP contribution in [0, 0.1) is 0 Å². The summed E-state index contributed by atoms with van der Waals surface area (Å²) < 4.78 is 1.00. The molecule has 0 amide bonds. The first kappa shape index (κ1) is 8.38. The maximum absolute atomic E-state index is 11.9. The number of fused-ring (bicyclic) bond motifs is 3. The second kappa shape index (κ2) is 2.78. The lowest BCUT2D eigenvalue weighted by atomic mass is 10.1. The van der Waals surface area contributed by atoms with E-state index < -0.39 is 0 Å². The zero-order valence-electron chi connectivity index (χ0n) is 7.08. The molecule has 3 heteroatoms. The summed E-state index contributed by atoms with van der Waals surface area (Å²) in [7, 11) is 0. The highest BCUT2D eigenvalue weighted by molar-refractivity contribution is 9.10. The number of hydrogen-bond donors (Lipinski definition) is 0. The van der Waals surface area contributed by atoms with Crippen molar-refractivity contribution in [1.82, 2.24) is 0 Å². The Morgan fingerprint density at radius 2 is 1.86 bits per heavy atom. The summed E-state index contributed by atoms with van der Waals surface area (Å²) in [6.45, 7) is 0. The Kier molecular flexibility index (Phi) is 1.66. The molecule has 0 unspecified atom stereocenters. The molecule has 0 saturated carbocycles. The first-order chi connectivity index (χ1) is 6.79. The number of hydrogen-bond acceptors (Lipinski definition) is 2. The molecule has 1 heterocycles. The summed E-state index contributed by atoms with van der Waals surface area (Å²) in [5.74, 6) is 0.151. The lowest BCUT2D eigenvalue weighted by Crippen LogP contribution is -1.93. The van der Waals surface area contributed by atoms with E-state index in [1.165, 1.54) is 0 Å². The van der Waals surface area contributed by atoms with Crippen molar-refractivity contribution in [2.75, 3.05) is 0 Å². The molecule has 1 aliphatic carbocycles. The molecule has 0 aliphatic heterocycles. The summed E-state index contributed by atoms with van der Waals surface area (Å²) in [6.07, 6.45) is 0. The van der Waals surface area contributed by atoms with Crippen LogP contribution in [0.25, 0.3) is 11.1 Å². The van der Waals surface area contributed by atoms with Crippen molar-refractivity contribution in [3.8, 4) is 11.1 Å². The molecule has 68 valence electrons. The maximum atomic E-state index is 11.9. The largest absolute Gasteiger partial charge is 0.289 e. The van der Waals surface area contributed by atoms with Crippen LogP contribution in [0.1, 0.15) is 15.9 Å². The van der Waals surface area contributed by atoms with E-state index in [1.54, 1.807) is 11.3 Å². The number of carbonyl (C=O) groups excluding carboxylic acids is 1. The quantitative estimate of drug-likeness (QED) is 0.605. The summed E-state index contributed by atoms with van der Waals surface area (Å²) in [5.41, 5.74) is 3.78. The Labute approximate surface area is 93.5 Å². The number of carbonyl (C=O) groups is 1. The van der Waals surface area contributed by atoms with Crippen molar-refractivity contribution in [3.63, 3.8) is 0 Å².